The molecule has 1 aromatic carbocycles. The van der Waals surface area contributed by atoms with E-state index < -0.39 is 0 Å². The summed E-state index contributed by atoms with van der Waals surface area (Å²) in [6.45, 7) is 1.77. The summed E-state index contributed by atoms with van der Waals surface area (Å²) in [5, 5.41) is 0. The number of hydrogen-bond donors (Lipinski definition) is 2. The molecule has 0 radical (unpaired) electrons. The number of fused-ring (bicyclic) bond motifs is 1. The zero-order valence-electron chi connectivity index (χ0n) is 11.4. The van der Waals surface area contributed by atoms with Crippen molar-refractivity contribution >= 4 is 0 Å². The van der Waals surface area contributed by atoms with Crippen molar-refractivity contribution in [3.63, 3.8) is 0 Å². The summed E-state index contributed by atoms with van der Waals surface area (Å²) in [5.41, 5.74) is 6.93. The van der Waals surface area contributed by atoms with Crippen molar-refractivity contribution in [2.75, 3.05) is 0 Å². The highest BCUT2D eigenvalue weighted by molar-refractivity contribution is 5.35. The van der Waals surface area contributed by atoms with Gasteiger partial charge in [-0.25, -0.2) is 4.39 Å². The normalized spacial score (nSPS) is 18.9. The Morgan fingerprint density at radius 3 is 3.00 bits per heavy atom. The SMILES string of the molecule is Cc1cc(C(NN)C2CCc3cccnc32)ccc1F. The Labute approximate surface area is 118 Å². The van der Waals surface area contributed by atoms with Crippen molar-refractivity contribution < 1.29 is 4.39 Å². The van der Waals surface area contributed by atoms with E-state index >= 15 is 0 Å². The minimum absolute atomic E-state index is 0.0366. The molecule has 4 heteroatoms. The molecule has 0 aliphatic heterocycles. The third-order valence-corrected chi connectivity index (χ3v) is 4.13. The second-order valence-corrected chi connectivity index (χ2v) is 5.35. The van der Waals surface area contributed by atoms with Crippen molar-refractivity contribution in [1.82, 2.24) is 10.4 Å². The molecule has 2 atom stereocenters. The number of halogens is 1. The standard InChI is InChI=1S/C16H18FN3/c1-10-9-12(5-7-14(10)17)16(20-18)13-6-4-11-3-2-8-19-15(11)13/h2-3,5,7-9,13,16,20H,4,6,18H2,1H3. The maximum Gasteiger partial charge on any atom is 0.126 e. The smallest absolute Gasteiger partial charge is 0.126 e. The van der Waals surface area contributed by atoms with E-state index in [1.54, 1.807) is 13.0 Å². The van der Waals surface area contributed by atoms with Gasteiger partial charge in [0.05, 0.1) is 6.04 Å². The van der Waals surface area contributed by atoms with E-state index in [0.717, 1.165) is 24.1 Å². The van der Waals surface area contributed by atoms with Crippen LogP contribution >= 0.6 is 0 Å². The van der Waals surface area contributed by atoms with Gasteiger partial charge in [0.2, 0.25) is 0 Å². The molecule has 2 aromatic rings. The maximum atomic E-state index is 13.4. The van der Waals surface area contributed by atoms with Crippen LogP contribution in [0.2, 0.25) is 0 Å². The van der Waals surface area contributed by atoms with Crippen LogP contribution in [0.25, 0.3) is 0 Å². The van der Waals surface area contributed by atoms with Crippen molar-refractivity contribution in [3.8, 4) is 0 Å². The molecule has 0 saturated carbocycles. The number of pyridine rings is 1. The number of aromatic nitrogens is 1. The molecule has 3 N–H and O–H groups in total. The lowest BCUT2D eigenvalue weighted by atomic mass is 9.90. The summed E-state index contributed by atoms with van der Waals surface area (Å²) in [4.78, 5) is 4.51. The number of nitrogens with two attached hydrogens (primary N) is 1. The predicted molar refractivity (Wildman–Crippen MR) is 76.5 cm³/mol. The first-order valence-corrected chi connectivity index (χ1v) is 6.86. The predicted octanol–water partition coefficient (Wildman–Crippen LogP) is 2.76. The van der Waals surface area contributed by atoms with Crippen LogP contribution in [0.5, 0.6) is 0 Å². The van der Waals surface area contributed by atoms with Gasteiger partial charge in [-0.1, -0.05) is 18.2 Å². The second kappa shape index (κ2) is 5.31. The molecule has 2 unspecified atom stereocenters. The summed E-state index contributed by atoms with van der Waals surface area (Å²) in [5.74, 6) is 5.81. The summed E-state index contributed by atoms with van der Waals surface area (Å²) in [7, 11) is 0. The first-order valence-electron chi connectivity index (χ1n) is 6.86. The summed E-state index contributed by atoms with van der Waals surface area (Å²) >= 11 is 0. The molecular weight excluding hydrogens is 253 g/mol. The Morgan fingerprint density at radius 2 is 2.25 bits per heavy atom. The van der Waals surface area contributed by atoms with Crippen molar-refractivity contribution in [2.24, 2.45) is 5.84 Å². The molecule has 3 rings (SSSR count). The highest BCUT2D eigenvalue weighted by Crippen LogP contribution is 2.40. The van der Waals surface area contributed by atoms with Crippen molar-refractivity contribution in [3.05, 3.63) is 64.7 Å². The molecule has 0 spiro atoms. The van der Waals surface area contributed by atoms with E-state index in [0.29, 0.717) is 5.56 Å². The highest BCUT2D eigenvalue weighted by Gasteiger charge is 2.31. The van der Waals surface area contributed by atoms with Crippen molar-refractivity contribution in [1.29, 1.82) is 0 Å². The molecule has 1 aliphatic rings. The zero-order chi connectivity index (χ0) is 14.1. The van der Waals surface area contributed by atoms with Crippen LogP contribution in [0.3, 0.4) is 0 Å². The van der Waals surface area contributed by atoms with Gasteiger partial charge in [0.25, 0.3) is 0 Å². The molecule has 1 heterocycles. The van der Waals surface area contributed by atoms with E-state index in [2.05, 4.69) is 16.5 Å². The number of nitrogens with one attached hydrogen (secondary N) is 1. The summed E-state index contributed by atoms with van der Waals surface area (Å²) < 4.78 is 13.4. The van der Waals surface area contributed by atoms with Gasteiger partial charge >= 0.3 is 0 Å². The van der Waals surface area contributed by atoms with Crippen LogP contribution < -0.4 is 11.3 Å². The Morgan fingerprint density at radius 1 is 1.40 bits per heavy atom. The largest absolute Gasteiger partial charge is 0.271 e. The van der Waals surface area contributed by atoms with Gasteiger partial charge in [-0.05, 0) is 48.6 Å². The van der Waals surface area contributed by atoms with Crippen LogP contribution in [-0.2, 0) is 6.42 Å². The molecule has 1 aliphatic carbocycles. The lowest BCUT2D eigenvalue weighted by molar-refractivity contribution is 0.446. The number of aryl methyl sites for hydroxylation is 2. The second-order valence-electron chi connectivity index (χ2n) is 5.35. The van der Waals surface area contributed by atoms with Gasteiger partial charge < -0.3 is 0 Å². The zero-order valence-corrected chi connectivity index (χ0v) is 11.4. The molecule has 3 nitrogen and oxygen atoms in total. The topological polar surface area (TPSA) is 50.9 Å². The molecule has 20 heavy (non-hydrogen) atoms. The first kappa shape index (κ1) is 13.2. The van der Waals surface area contributed by atoms with Crippen molar-refractivity contribution in [2.45, 2.75) is 31.7 Å². The fraction of sp³-hybridized carbons (Fsp3) is 0.312. The van der Waals surface area contributed by atoms with Crippen LogP contribution in [-0.4, -0.2) is 4.98 Å². The molecule has 0 fully saturated rings. The van der Waals surface area contributed by atoms with Crippen LogP contribution in [0.15, 0.2) is 36.5 Å². The van der Waals surface area contributed by atoms with E-state index in [4.69, 9.17) is 5.84 Å². The third-order valence-electron chi connectivity index (χ3n) is 4.13. The Balaban J connectivity index is 1.97. The third kappa shape index (κ3) is 2.21. The molecule has 0 amide bonds. The van der Waals surface area contributed by atoms with Crippen LogP contribution in [0, 0.1) is 12.7 Å². The Kier molecular flexibility index (Phi) is 3.51. The van der Waals surface area contributed by atoms with E-state index in [-0.39, 0.29) is 17.8 Å². The van der Waals surface area contributed by atoms with Gasteiger partial charge in [-0.3, -0.25) is 16.3 Å². The Hall–Kier alpha value is -1.78. The van der Waals surface area contributed by atoms with Gasteiger partial charge in [-0.15, -0.1) is 0 Å². The minimum atomic E-state index is -0.186. The lowest BCUT2D eigenvalue weighted by Crippen LogP contribution is -2.32. The summed E-state index contributed by atoms with van der Waals surface area (Å²) in [6.07, 6.45) is 3.85. The van der Waals surface area contributed by atoms with Gasteiger partial charge in [-0.2, -0.15) is 0 Å². The first-order chi connectivity index (χ1) is 9.70. The van der Waals surface area contributed by atoms with Crippen LogP contribution in [0.1, 0.15) is 40.8 Å². The highest BCUT2D eigenvalue weighted by atomic mass is 19.1. The average molecular weight is 271 g/mol. The van der Waals surface area contributed by atoms with Gasteiger partial charge in [0.15, 0.2) is 0 Å². The number of benzene rings is 1. The van der Waals surface area contributed by atoms with E-state index in [9.17, 15) is 4.39 Å². The van der Waals surface area contributed by atoms with E-state index in [1.165, 1.54) is 11.6 Å². The molecule has 104 valence electrons. The molecule has 0 saturated heterocycles. The number of hydrazine groups is 1. The average Bonchev–Trinajstić information content (AvgIpc) is 2.88. The fourth-order valence-electron chi connectivity index (χ4n) is 3.07. The van der Waals surface area contributed by atoms with Crippen LogP contribution in [0.4, 0.5) is 4.39 Å². The quantitative estimate of drug-likeness (QED) is 0.666. The number of hydrogen-bond acceptors (Lipinski definition) is 3. The van der Waals surface area contributed by atoms with Gasteiger partial charge in [0, 0.05) is 17.8 Å². The summed E-state index contributed by atoms with van der Waals surface area (Å²) in [6, 6.07) is 9.21. The lowest BCUT2D eigenvalue weighted by Gasteiger charge is -2.24. The van der Waals surface area contributed by atoms with E-state index in [1.807, 2.05) is 18.3 Å². The molecule has 0 bridgehead atoms. The monoisotopic (exact) mass is 271 g/mol. The fourth-order valence-corrected chi connectivity index (χ4v) is 3.07. The minimum Gasteiger partial charge on any atom is -0.271 e. The molecular formula is C16H18FN3. The van der Waals surface area contributed by atoms with Gasteiger partial charge in [0.1, 0.15) is 5.82 Å². The molecule has 1 aromatic heterocycles. The number of rotatable bonds is 3. The maximum absolute atomic E-state index is 13.4. The number of nitrogens with zero attached hydrogens (tertiary/aromatic N) is 1. The Bertz CT molecular complexity index is 627.